The van der Waals surface area contributed by atoms with Gasteiger partial charge in [-0.25, -0.2) is 0 Å². The molecular formula is C15H28N2O3. The number of piperidine rings is 1. The molecule has 0 N–H and O–H groups in total. The summed E-state index contributed by atoms with van der Waals surface area (Å²) in [4.78, 5) is 16.2. The maximum absolute atomic E-state index is 12.3. The van der Waals surface area contributed by atoms with Crippen LogP contribution < -0.4 is 0 Å². The van der Waals surface area contributed by atoms with Gasteiger partial charge < -0.3 is 19.3 Å². The van der Waals surface area contributed by atoms with Crippen LogP contribution in [0.4, 0.5) is 0 Å². The van der Waals surface area contributed by atoms with Crippen LogP contribution >= 0.6 is 0 Å². The van der Waals surface area contributed by atoms with E-state index in [4.69, 9.17) is 9.47 Å². The van der Waals surface area contributed by atoms with Crippen LogP contribution in [0.2, 0.25) is 0 Å². The topological polar surface area (TPSA) is 42.0 Å². The molecule has 5 heteroatoms. The molecule has 0 saturated carbocycles. The van der Waals surface area contributed by atoms with Crippen molar-refractivity contribution in [2.75, 3.05) is 53.6 Å². The second-order valence-electron chi connectivity index (χ2n) is 6.30. The van der Waals surface area contributed by atoms with Gasteiger partial charge in [-0.3, -0.25) is 4.79 Å². The Bertz CT molecular complexity index is 335. The van der Waals surface area contributed by atoms with Crippen LogP contribution in [0.15, 0.2) is 0 Å². The molecule has 5 nitrogen and oxygen atoms in total. The second-order valence-corrected chi connectivity index (χ2v) is 6.30. The summed E-state index contributed by atoms with van der Waals surface area (Å²) in [5.41, 5.74) is 0.00842. The third kappa shape index (κ3) is 3.51. The van der Waals surface area contributed by atoms with Gasteiger partial charge in [0.1, 0.15) is 0 Å². The molecule has 0 radical (unpaired) electrons. The predicted octanol–water partition coefficient (Wildman–Crippen LogP) is 0.982. The molecule has 0 bridgehead atoms. The lowest BCUT2D eigenvalue weighted by Gasteiger charge is -2.50. The van der Waals surface area contributed by atoms with Gasteiger partial charge in [0.05, 0.1) is 19.3 Å². The molecule has 0 spiro atoms. The van der Waals surface area contributed by atoms with Gasteiger partial charge in [0, 0.05) is 31.7 Å². The zero-order valence-electron chi connectivity index (χ0n) is 13.1. The molecule has 0 aliphatic carbocycles. The molecule has 20 heavy (non-hydrogen) atoms. The molecule has 1 amide bonds. The van der Waals surface area contributed by atoms with E-state index in [1.807, 2.05) is 30.8 Å². The Morgan fingerprint density at radius 2 is 2.30 bits per heavy atom. The van der Waals surface area contributed by atoms with Crippen LogP contribution in [-0.4, -0.2) is 75.4 Å². The fraction of sp³-hybridized carbons (Fsp3) is 0.933. The van der Waals surface area contributed by atoms with Gasteiger partial charge in [0.15, 0.2) is 0 Å². The summed E-state index contributed by atoms with van der Waals surface area (Å²) in [7, 11) is 3.87. The SMILES string of the molecule is CCOC[C@@]12CCCO[C@@H]1CCN(C(=O)CN(C)C)C2. The quantitative estimate of drug-likeness (QED) is 0.755. The fourth-order valence-corrected chi connectivity index (χ4v) is 3.39. The number of hydrogen-bond donors (Lipinski definition) is 0. The van der Waals surface area contributed by atoms with Crippen molar-refractivity contribution in [2.45, 2.75) is 32.3 Å². The van der Waals surface area contributed by atoms with E-state index in [-0.39, 0.29) is 17.4 Å². The van der Waals surface area contributed by atoms with E-state index in [0.29, 0.717) is 13.2 Å². The Kier molecular flexibility index (Phi) is 5.41. The maximum atomic E-state index is 12.3. The zero-order chi connectivity index (χ0) is 14.6. The number of hydrogen-bond acceptors (Lipinski definition) is 4. The lowest BCUT2D eigenvalue weighted by Crippen LogP contribution is -2.58. The van der Waals surface area contributed by atoms with Crippen LogP contribution in [-0.2, 0) is 14.3 Å². The molecule has 116 valence electrons. The number of amides is 1. The average molecular weight is 284 g/mol. The molecule has 2 heterocycles. The molecule has 2 rings (SSSR count). The number of likely N-dealkylation sites (N-methyl/N-ethyl adjacent to an activating group) is 1. The highest BCUT2D eigenvalue weighted by molar-refractivity contribution is 5.78. The molecule has 2 aliphatic rings. The van der Waals surface area contributed by atoms with Crippen molar-refractivity contribution in [2.24, 2.45) is 5.41 Å². The average Bonchev–Trinajstić information content (AvgIpc) is 2.43. The lowest BCUT2D eigenvalue weighted by molar-refractivity contribution is -0.164. The summed E-state index contributed by atoms with van der Waals surface area (Å²) in [6.07, 6.45) is 3.36. The molecule has 0 unspecified atom stereocenters. The highest BCUT2D eigenvalue weighted by atomic mass is 16.5. The van der Waals surface area contributed by atoms with E-state index in [9.17, 15) is 4.79 Å². The summed E-state index contributed by atoms with van der Waals surface area (Å²) < 4.78 is 11.7. The van der Waals surface area contributed by atoms with Crippen molar-refractivity contribution in [3.63, 3.8) is 0 Å². The van der Waals surface area contributed by atoms with Crippen molar-refractivity contribution in [3.8, 4) is 0 Å². The predicted molar refractivity (Wildman–Crippen MR) is 77.7 cm³/mol. The van der Waals surface area contributed by atoms with E-state index >= 15 is 0 Å². The minimum Gasteiger partial charge on any atom is -0.381 e. The Balaban J connectivity index is 2.04. The van der Waals surface area contributed by atoms with E-state index in [1.54, 1.807) is 0 Å². The number of fused-ring (bicyclic) bond motifs is 1. The molecule has 2 fully saturated rings. The first-order chi connectivity index (χ1) is 9.57. The number of carbonyl (C=O) groups is 1. The highest BCUT2D eigenvalue weighted by Gasteiger charge is 2.47. The third-order valence-electron chi connectivity index (χ3n) is 4.39. The molecule has 2 aliphatic heterocycles. The number of likely N-dealkylation sites (tertiary alicyclic amines) is 1. The number of nitrogens with zero attached hydrogens (tertiary/aromatic N) is 2. The largest absolute Gasteiger partial charge is 0.381 e. The molecule has 0 aromatic rings. The molecule has 2 saturated heterocycles. The van der Waals surface area contributed by atoms with Crippen LogP contribution in [0.25, 0.3) is 0 Å². The third-order valence-corrected chi connectivity index (χ3v) is 4.39. The Labute approximate surface area is 122 Å². The minimum atomic E-state index is 0.00842. The monoisotopic (exact) mass is 284 g/mol. The summed E-state index contributed by atoms with van der Waals surface area (Å²) in [5, 5.41) is 0. The van der Waals surface area contributed by atoms with E-state index < -0.39 is 0 Å². The summed E-state index contributed by atoms with van der Waals surface area (Å²) in [5.74, 6) is 0.217. The van der Waals surface area contributed by atoms with Crippen LogP contribution in [0, 0.1) is 5.41 Å². The van der Waals surface area contributed by atoms with E-state index in [2.05, 4.69) is 0 Å². The van der Waals surface area contributed by atoms with Gasteiger partial charge in [-0.05, 0) is 40.3 Å². The fourth-order valence-electron chi connectivity index (χ4n) is 3.39. The normalized spacial score (nSPS) is 30.4. The van der Waals surface area contributed by atoms with Gasteiger partial charge in [0.2, 0.25) is 5.91 Å². The van der Waals surface area contributed by atoms with Crippen molar-refractivity contribution in [1.82, 2.24) is 9.80 Å². The van der Waals surface area contributed by atoms with Crippen molar-refractivity contribution in [1.29, 1.82) is 0 Å². The van der Waals surface area contributed by atoms with Gasteiger partial charge in [-0.15, -0.1) is 0 Å². The first kappa shape index (κ1) is 15.7. The first-order valence-corrected chi connectivity index (χ1v) is 7.69. The smallest absolute Gasteiger partial charge is 0.236 e. The van der Waals surface area contributed by atoms with E-state index in [0.717, 1.165) is 45.6 Å². The first-order valence-electron chi connectivity index (χ1n) is 7.69. The summed E-state index contributed by atoms with van der Waals surface area (Å²) >= 11 is 0. The molecule has 0 aromatic carbocycles. The Morgan fingerprint density at radius 3 is 3.00 bits per heavy atom. The van der Waals surface area contributed by atoms with Crippen molar-refractivity contribution >= 4 is 5.91 Å². The van der Waals surface area contributed by atoms with Gasteiger partial charge in [-0.2, -0.15) is 0 Å². The van der Waals surface area contributed by atoms with Crippen molar-refractivity contribution < 1.29 is 14.3 Å². The molecular weight excluding hydrogens is 256 g/mol. The van der Waals surface area contributed by atoms with E-state index in [1.165, 1.54) is 0 Å². The number of ether oxygens (including phenoxy) is 2. The highest BCUT2D eigenvalue weighted by Crippen LogP contribution is 2.40. The Morgan fingerprint density at radius 1 is 1.50 bits per heavy atom. The standard InChI is InChI=1S/C15H28N2O3/c1-4-19-12-15-7-5-9-20-13(15)6-8-17(11-15)14(18)10-16(2)3/h13H,4-12H2,1-3H3/t13-,15+/m1/s1. The molecule has 0 aromatic heterocycles. The summed E-state index contributed by atoms with van der Waals surface area (Å²) in [6, 6.07) is 0. The van der Waals surface area contributed by atoms with Crippen LogP contribution in [0.3, 0.4) is 0 Å². The molecule has 2 atom stereocenters. The van der Waals surface area contributed by atoms with Gasteiger partial charge in [0.25, 0.3) is 0 Å². The van der Waals surface area contributed by atoms with Gasteiger partial charge in [-0.1, -0.05) is 0 Å². The van der Waals surface area contributed by atoms with Crippen molar-refractivity contribution in [3.05, 3.63) is 0 Å². The minimum absolute atomic E-state index is 0.00842. The van der Waals surface area contributed by atoms with Crippen LogP contribution in [0.1, 0.15) is 26.2 Å². The Hall–Kier alpha value is -0.650. The maximum Gasteiger partial charge on any atom is 0.236 e. The summed E-state index contributed by atoms with van der Waals surface area (Å²) in [6.45, 7) is 6.38. The lowest BCUT2D eigenvalue weighted by atomic mass is 9.73. The zero-order valence-corrected chi connectivity index (χ0v) is 13.1. The number of carbonyl (C=O) groups excluding carboxylic acids is 1. The van der Waals surface area contributed by atoms with Crippen LogP contribution in [0.5, 0.6) is 0 Å². The second kappa shape index (κ2) is 6.87. The number of rotatable bonds is 5. The van der Waals surface area contributed by atoms with Gasteiger partial charge >= 0.3 is 0 Å².